The first-order chi connectivity index (χ1) is 9.11. The Morgan fingerprint density at radius 1 is 1.26 bits per heavy atom. The molecule has 0 aromatic heterocycles. The summed E-state index contributed by atoms with van der Waals surface area (Å²) in [5.74, 6) is 1.65. The van der Waals surface area contributed by atoms with Crippen LogP contribution >= 0.6 is 0 Å². The molecule has 2 N–H and O–H groups in total. The molecule has 1 amide bonds. The van der Waals surface area contributed by atoms with E-state index < -0.39 is 0 Å². The summed E-state index contributed by atoms with van der Waals surface area (Å²) in [4.78, 5) is 14.4. The first kappa shape index (κ1) is 14.1. The summed E-state index contributed by atoms with van der Waals surface area (Å²) in [6.07, 6.45) is 2.26. The van der Waals surface area contributed by atoms with Gasteiger partial charge in [0.25, 0.3) is 5.91 Å². The number of nitrogens with zero attached hydrogens (tertiary/aromatic N) is 1. The van der Waals surface area contributed by atoms with Crippen LogP contribution in [0.4, 0.5) is 0 Å². The summed E-state index contributed by atoms with van der Waals surface area (Å²) in [5, 5.41) is 0. The van der Waals surface area contributed by atoms with Gasteiger partial charge in [0.15, 0.2) is 0 Å². The highest BCUT2D eigenvalue weighted by molar-refractivity contribution is 5.94. The van der Waals surface area contributed by atoms with Crippen molar-refractivity contribution in [3.8, 4) is 0 Å². The van der Waals surface area contributed by atoms with E-state index in [9.17, 15) is 4.79 Å². The number of piperidine rings is 1. The van der Waals surface area contributed by atoms with E-state index in [0.717, 1.165) is 48.9 Å². The normalized spacial score (nSPS) is 16.9. The number of amides is 1. The smallest absolute Gasteiger partial charge is 0.253 e. The second kappa shape index (κ2) is 6.20. The van der Waals surface area contributed by atoms with Gasteiger partial charge in [-0.05, 0) is 42.4 Å². The fourth-order valence-electron chi connectivity index (χ4n) is 2.74. The molecule has 0 unspecified atom stereocenters. The topological polar surface area (TPSA) is 46.3 Å². The minimum atomic E-state index is 0.158. The van der Waals surface area contributed by atoms with E-state index in [4.69, 9.17) is 5.73 Å². The number of hydrogen-bond acceptors (Lipinski definition) is 2. The highest BCUT2D eigenvalue weighted by Crippen LogP contribution is 2.25. The van der Waals surface area contributed by atoms with E-state index in [2.05, 4.69) is 13.8 Å². The number of carbonyl (C=O) groups is 1. The summed E-state index contributed by atoms with van der Waals surface area (Å²) in [6.45, 7) is 6.84. The Bertz CT molecular complexity index is 417. The minimum absolute atomic E-state index is 0.158. The standard InChI is InChI=1S/C16H24N2O/c1-12(2)14-7-9-18(10-8-14)16(19)15-5-3-13(11-17)4-6-15/h3-6,12,14H,7-11,17H2,1-2H3. The average Bonchev–Trinajstić information content (AvgIpc) is 2.46. The molecule has 2 rings (SSSR count). The second-order valence-electron chi connectivity index (χ2n) is 5.77. The summed E-state index contributed by atoms with van der Waals surface area (Å²) < 4.78 is 0. The van der Waals surface area contributed by atoms with Crippen LogP contribution in [-0.2, 0) is 6.54 Å². The van der Waals surface area contributed by atoms with Crippen LogP contribution in [0, 0.1) is 11.8 Å². The van der Waals surface area contributed by atoms with Crippen molar-refractivity contribution in [3.63, 3.8) is 0 Å². The summed E-state index contributed by atoms with van der Waals surface area (Å²) in [5.41, 5.74) is 7.41. The van der Waals surface area contributed by atoms with Gasteiger partial charge in [0.05, 0.1) is 0 Å². The third kappa shape index (κ3) is 3.35. The van der Waals surface area contributed by atoms with Crippen molar-refractivity contribution >= 4 is 5.91 Å². The van der Waals surface area contributed by atoms with Crippen LogP contribution in [0.3, 0.4) is 0 Å². The molecule has 0 bridgehead atoms. The molecule has 3 heteroatoms. The lowest BCUT2D eigenvalue weighted by Crippen LogP contribution is -2.39. The van der Waals surface area contributed by atoms with E-state index in [1.54, 1.807) is 0 Å². The quantitative estimate of drug-likeness (QED) is 0.908. The van der Waals surface area contributed by atoms with Crippen LogP contribution in [0.15, 0.2) is 24.3 Å². The summed E-state index contributed by atoms with van der Waals surface area (Å²) >= 11 is 0. The molecule has 0 saturated carbocycles. The molecule has 19 heavy (non-hydrogen) atoms. The Kier molecular flexibility index (Phi) is 4.59. The van der Waals surface area contributed by atoms with Gasteiger partial charge in [0.1, 0.15) is 0 Å². The third-order valence-corrected chi connectivity index (χ3v) is 4.21. The number of hydrogen-bond donors (Lipinski definition) is 1. The molecule has 104 valence electrons. The molecule has 0 radical (unpaired) electrons. The Labute approximate surface area is 115 Å². The second-order valence-corrected chi connectivity index (χ2v) is 5.77. The van der Waals surface area contributed by atoms with Crippen LogP contribution in [0.2, 0.25) is 0 Å². The predicted molar refractivity (Wildman–Crippen MR) is 77.8 cm³/mol. The van der Waals surface area contributed by atoms with Gasteiger partial charge in [0.2, 0.25) is 0 Å². The zero-order valence-electron chi connectivity index (χ0n) is 11.9. The fraction of sp³-hybridized carbons (Fsp3) is 0.562. The van der Waals surface area contributed by atoms with Gasteiger partial charge in [-0.3, -0.25) is 4.79 Å². The van der Waals surface area contributed by atoms with E-state index in [0.29, 0.717) is 6.54 Å². The number of nitrogens with two attached hydrogens (primary N) is 1. The molecule has 1 heterocycles. The van der Waals surface area contributed by atoms with Crippen molar-refractivity contribution in [2.75, 3.05) is 13.1 Å². The SMILES string of the molecule is CC(C)C1CCN(C(=O)c2ccc(CN)cc2)CC1. The molecule has 1 fully saturated rings. The Balaban J connectivity index is 1.97. The molecule has 1 aliphatic rings. The highest BCUT2D eigenvalue weighted by Gasteiger charge is 2.24. The van der Waals surface area contributed by atoms with Gasteiger partial charge >= 0.3 is 0 Å². The monoisotopic (exact) mass is 260 g/mol. The molecule has 0 atom stereocenters. The lowest BCUT2D eigenvalue weighted by Gasteiger charge is -2.34. The predicted octanol–water partition coefficient (Wildman–Crippen LogP) is 2.65. The molecule has 0 spiro atoms. The first-order valence-electron chi connectivity index (χ1n) is 7.20. The Morgan fingerprint density at radius 3 is 2.32 bits per heavy atom. The van der Waals surface area contributed by atoms with Crippen LogP contribution < -0.4 is 5.73 Å². The maximum atomic E-state index is 12.4. The van der Waals surface area contributed by atoms with Gasteiger partial charge in [-0.25, -0.2) is 0 Å². The maximum absolute atomic E-state index is 12.4. The summed E-state index contributed by atoms with van der Waals surface area (Å²) in [6, 6.07) is 7.65. The van der Waals surface area contributed by atoms with Gasteiger partial charge < -0.3 is 10.6 Å². The van der Waals surface area contributed by atoms with Crippen LogP contribution in [-0.4, -0.2) is 23.9 Å². The van der Waals surface area contributed by atoms with Gasteiger partial charge in [-0.1, -0.05) is 26.0 Å². The Hall–Kier alpha value is -1.35. The largest absolute Gasteiger partial charge is 0.339 e. The van der Waals surface area contributed by atoms with E-state index >= 15 is 0 Å². The van der Waals surface area contributed by atoms with Crippen LogP contribution in [0.5, 0.6) is 0 Å². The lowest BCUT2D eigenvalue weighted by molar-refractivity contribution is 0.0667. The maximum Gasteiger partial charge on any atom is 0.253 e. The van der Waals surface area contributed by atoms with Gasteiger partial charge in [-0.2, -0.15) is 0 Å². The van der Waals surface area contributed by atoms with Gasteiger partial charge in [-0.15, -0.1) is 0 Å². The van der Waals surface area contributed by atoms with Crippen molar-refractivity contribution in [2.24, 2.45) is 17.6 Å². The molecular weight excluding hydrogens is 236 g/mol. The number of rotatable bonds is 3. The highest BCUT2D eigenvalue weighted by atomic mass is 16.2. The third-order valence-electron chi connectivity index (χ3n) is 4.21. The minimum Gasteiger partial charge on any atom is -0.339 e. The zero-order chi connectivity index (χ0) is 13.8. The molecule has 1 aromatic rings. The molecule has 1 aliphatic heterocycles. The molecular formula is C16H24N2O. The van der Waals surface area contributed by atoms with Crippen molar-refractivity contribution in [1.29, 1.82) is 0 Å². The zero-order valence-corrected chi connectivity index (χ0v) is 11.9. The number of carbonyl (C=O) groups excluding carboxylic acids is 1. The molecule has 1 aromatic carbocycles. The van der Waals surface area contributed by atoms with Crippen molar-refractivity contribution in [2.45, 2.75) is 33.2 Å². The Morgan fingerprint density at radius 2 is 1.84 bits per heavy atom. The average molecular weight is 260 g/mol. The molecule has 1 saturated heterocycles. The van der Waals surface area contributed by atoms with E-state index in [1.165, 1.54) is 0 Å². The molecule has 3 nitrogen and oxygen atoms in total. The number of likely N-dealkylation sites (tertiary alicyclic amines) is 1. The van der Waals surface area contributed by atoms with Crippen LogP contribution in [0.1, 0.15) is 42.6 Å². The summed E-state index contributed by atoms with van der Waals surface area (Å²) in [7, 11) is 0. The molecule has 0 aliphatic carbocycles. The van der Waals surface area contributed by atoms with Crippen molar-refractivity contribution < 1.29 is 4.79 Å². The van der Waals surface area contributed by atoms with Crippen molar-refractivity contribution in [3.05, 3.63) is 35.4 Å². The van der Waals surface area contributed by atoms with Crippen molar-refractivity contribution in [1.82, 2.24) is 4.90 Å². The van der Waals surface area contributed by atoms with E-state index in [1.807, 2.05) is 29.2 Å². The van der Waals surface area contributed by atoms with Gasteiger partial charge in [0, 0.05) is 25.2 Å². The number of benzene rings is 1. The van der Waals surface area contributed by atoms with E-state index in [-0.39, 0.29) is 5.91 Å². The lowest BCUT2D eigenvalue weighted by atomic mass is 9.86. The van der Waals surface area contributed by atoms with Crippen LogP contribution in [0.25, 0.3) is 0 Å². The fourth-order valence-corrected chi connectivity index (χ4v) is 2.74. The first-order valence-corrected chi connectivity index (χ1v) is 7.20.